The molecule has 0 radical (unpaired) electrons. The van der Waals surface area contributed by atoms with Crippen molar-refractivity contribution in [2.45, 2.75) is 57.7 Å². The molecule has 1 aliphatic heterocycles. The molecule has 1 N–H and O–H groups in total. The van der Waals surface area contributed by atoms with E-state index in [9.17, 15) is 13.2 Å². The summed E-state index contributed by atoms with van der Waals surface area (Å²) >= 11 is 3.25. The van der Waals surface area contributed by atoms with Crippen LogP contribution < -0.4 is 4.72 Å². The van der Waals surface area contributed by atoms with E-state index in [-0.39, 0.29) is 17.0 Å². The Morgan fingerprint density at radius 3 is 2.58 bits per heavy atom. The number of anilines is 1. The fourth-order valence-corrected chi connectivity index (χ4v) is 5.25. The van der Waals surface area contributed by atoms with Gasteiger partial charge in [-0.3, -0.25) is 14.6 Å². The number of halogens is 1. The van der Waals surface area contributed by atoms with Gasteiger partial charge in [0.25, 0.3) is 10.0 Å². The summed E-state index contributed by atoms with van der Waals surface area (Å²) in [4.78, 5) is 20.5. The molecule has 8 nitrogen and oxygen atoms in total. The molecule has 180 valence electrons. The van der Waals surface area contributed by atoms with Gasteiger partial charge in [-0.25, -0.2) is 13.2 Å². The summed E-state index contributed by atoms with van der Waals surface area (Å²) in [5.74, 6) is 0. The van der Waals surface area contributed by atoms with Gasteiger partial charge >= 0.3 is 6.09 Å². The minimum atomic E-state index is -3.73. The number of aryl methyl sites for hydroxylation is 1. The molecule has 10 heteroatoms. The molecule has 0 saturated carbocycles. The van der Waals surface area contributed by atoms with Crippen LogP contribution in [0.1, 0.15) is 38.8 Å². The second kappa shape index (κ2) is 9.99. The standard InChI is InChI=1S/C23H31BrN4O4S/c1-16-10-20(26-33(30,31)21-11-19(24)12-25-13-21)7-6-18(16)15-27-8-9-28(17(2)14-27)22(29)32-23(3,4)5/h6-7,10-13,17,26H,8-9,14-15H2,1-5H3/t17-/m0/s1. The predicted octanol–water partition coefficient (Wildman–Crippen LogP) is 4.39. The second-order valence-corrected chi connectivity index (χ2v) is 11.9. The van der Waals surface area contributed by atoms with Crippen LogP contribution >= 0.6 is 15.9 Å². The fourth-order valence-electron chi connectivity index (χ4n) is 3.70. The molecule has 0 unspecified atom stereocenters. The van der Waals surface area contributed by atoms with E-state index in [2.05, 4.69) is 30.5 Å². The summed E-state index contributed by atoms with van der Waals surface area (Å²) in [5, 5.41) is 0. The van der Waals surface area contributed by atoms with Crippen molar-refractivity contribution in [2.75, 3.05) is 24.4 Å². The first-order valence-corrected chi connectivity index (χ1v) is 13.1. The predicted molar refractivity (Wildman–Crippen MR) is 132 cm³/mol. The number of pyridine rings is 1. The van der Waals surface area contributed by atoms with E-state index in [1.807, 2.05) is 46.8 Å². The summed E-state index contributed by atoms with van der Waals surface area (Å²) in [6, 6.07) is 7.09. The van der Waals surface area contributed by atoms with E-state index in [4.69, 9.17) is 4.74 Å². The quantitative estimate of drug-likeness (QED) is 0.606. The van der Waals surface area contributed by atoms with E-state index in [0.29, 0.717) is 16.7 Å². The van der Waals surface area contributed by atoms with Gasteiger partial charge in [0.15, 0.2) is 0 Å². The molecule has 0 bridgehead atoms. The minimum absolute atomic E-state index is 0.0406. The molecule has 0 aliphatic carbocycles. The largest absolute Gasteiger partial charge is 0.444 e. The van der Waals surface area contributed by atoms with Gasteiger partial charge in [-0.2, -0.15) is 0 Å². The molecule has 1 atom stereocenters. The highest BCUT2D eigenvalue weighted by atomic mass is 79.9. The van der Waals surface area contributed by atoms with Crippen LogP contribution in [0.15, 0.2) is 46.0 Å². The van der Waals surface area contributed by atoms with E-state index in [0.717, 1.165) is 30.8 Å². The Kier molecular flexibility index (Phi) is 7.70. The number of carbonyl (C=O) groups is 1. The van der Waals surface area contributed by atoms with Gasteiger partial charge in [0, 0.05) is 54.8 Å². The Labute approximate surface area is 204 Å². The van der Waals surface area contributed by atoms with Crippen molar-refractivity contribution in [3.05, 3.63) is 52.3 Å². The highest BCUT2D eigenvalue weighted by molar-refractivity contribution is 9.10. The summed E-state index contributed by atoms with van der Waals surface area (Å²) in [6.07, 6.45) is 2.57. The Morgan fingerprint density at radius 1 is 1.24 bits per heavy atom. The average Bonchev–Trinajstić information content (AvgIpc) is 2.68. The molecule has 1 aromatic carbocycles. The number of aromatic nitrogens is 1. The van der Waals surface area contributed by atoms with E-state index >= 15 is 0 Å². The first kappa shape index (κ1) is 25.5. The van der Waals surface area contributed by atoms with Crippen molar-refractivity contribution >= 4 is 37.7 Å². The van der Waals surface area contributed by atoms with Crippen LogP contribution in [0, 0.1) is 6.92 Å². The highest BCUT2D eigenvalue weighted by Gasteiger charge is 2.30. The fraction of sp³-hybridized carbons (Fsp3) is 0.478. The smallest absolute Gasteiger partial charge is 0.410 e. The molecule has 1 amide bonds. The summed E-state index contributed by atoms with van der Waals surface area (Å²) in [7, 11) is -3.73. The van der Waals surface area contributed by atoms with Crippen molar-refractivity contribution in [3.8, 4) is 0 Å². The zero-order valence-electron chi connectivity index (χ0n) is 19.6. The average molecular weight is 539 g/mol. The molecular formula is C23H31BrN4O4S. The number of hydrogen-bond donors (Lipinski definition) is 1. The van der Waals surface area contributed by atoms with Crippen molar-refractivity contribution in [3.63, 3.8) is 0 Å². The lowest BCUT2D eigenvalue weighted by molar-refractivity contribution is 0.000533. The molecule has 1 fully saturated rings. The van der Waals surface area contributed by atoms with Crippen LogP contribution in [-0.2, 0) is 21.3 Å². The maximum absolute atomic E-state index is 12.7. The van der Waals surface area contributed by atoms with Crippen LogP contribution in [0.4, 0.5) is 10.5 Å². The SMILES string of the molecule is Cc1cc(NS(=O)(=O)c2cncc(Br)c2)ccc1CN1CCN(C(=O)OC(C)(C)C)[C@@H](C)C1. The van der Waals surface area contributed by atoms with E-state index < -0.39 is 15.6 Å². The van der Waals surface area contributed by atoms with Crippen molar-refractivity contribution < 1.29 is 17.9 Å². The Hall–Kier alpha value is -2.17. The van der Waals surface area contributed by atoms with Gasteiger partial charge < -0.3 is 9.64 Å². The molecule has 1 aliphatic rings. The Morgan fingerprint density at radius 2 is 1.97 bits per heavy atom. The Bertz CT molecular complexity index is 1120. The van der Waals surface area contributed by atoms with Crippen LogP contribution in [0.2, 0.25) is 0 Å². The zero-order valence-corrected chi connectivity index (χ0v) is 22.0. The molecule has 3 rings (SSSR count). The topological polar surface area (TPSA) is 91.8 Å². The van der Waals surface area contributed by atoms with Gasteiger partial charge in [-0.15, -0.1) is 0 Å². The maximum atomic E-state index is 12.7. The number of hydrogen-bond acceptors (Lipinski definition) is 6. The molecule has 1 saturated heterocycles. The number of nitrogens with zero attached hydrogens (tertiary/aromatic N) is 3. The monoisotopic (exact) mass is 538 g/mol. The van der Waals surface area contributed by atoms with Crippen LogP contribution in [-0.4, -0.2) is 60.6 Å². The summed E-state index contributed by atoms with van der Waals surface area (Å²) in [5.41, 5.74) is 2.09. The number of piperazine rings is 1. The molecule has 33 heavy (non-hydrogen) atoms. The number of amides is 1. The maximum Gasteiger partial charge on any atom is 0.410 e. The second-order valence-electron chi connectivity index (χ2n) is 9.34. The number of rotatable bonds is 5. The third kappa shape index (κ3) is 6.91. The third-order valence-corrected chi connectivity index (χ3v) is 7.10. The third-order valence-electron chi connectivity index (χ3n) is 5.32. The van der Waals surface area contributed by atoms with E-state index in [1.54, 1.807) is 11.0 Å². The summed E-state index contributed by atoms with van der Waals surface area (Å²) < 4.78 is 34.0. The van der Waals surface area contributed by atoms with Crippen molar-refractivity contribution in [2.24, 2.45) is 0 Å². The van der Waals surface area contributed by atoms with Crippen LogP contribution in [0.5, 0.6) is 0 Å². The highest BCUT2D eigenvalue weighted by Crippen LogP contribution is 2.23. The molecule has 0 spiro atoms. The van der Waals surface area contributed by atoms with Gasteiger partial charge in [-0.05, 0) is 79.9 Å². The van der Waals surface area contributed by atoms with Crippen molar-refractivity contribution in [1.82, 2.24) is 14.8 Å². The lowest BCUT2D eigenvalue weighted by atomic mass is 10.1. The van der Waals surface area contributed by atoms with Gasteiger partial charge in [-0.1, -0.05) is 6.07 Å². The molecular weight excluding hydrogens is 508 g/mol. The number of nitrogens with one attached hydrogen (secondary N) is 1. The van der Waals surface area contributed by atoms with Gasteiger partial charge in [0.05, 0.1) is 0 Å². The normalized spacial score (nSPS) is 17.6. The minimum Gasteiger partial charge on any atom is -0.444 e. The van der Waals surface area contributed by atoms with E-state index in [1.165, 1.54) is 18.5 Å². The van der Waals surface area contributed by atoms with Gasteiger partial charge in [0.2, 0.25) is 0 Å². The first-order valence-electron chi connectivity index (χ1n) is 10.8. The van der Waals surface area contributed by atoms with Crippen molar-refractivity contribution in [1.29, 1.82) is 0 Å². The molecule has 2 aromatic rings. The number of ether oxygens (including phenoxy) is 1. The molecule has 1 aromatic heterocycles. The van der Waals surface area contributed by atoms with Crippen LogP contribution in [0.25, 0.3) is 0 Å². The van der Waals surface area contributed by atoms with Gasteiger partial charge in [0.1, 0.15) is 10.5 Å². The number of benzene rings is 1. The molecule has 2 heterocycles. The summed E-state index contributed by atoms with van der Waals surface area (Å²) in [6.45, 7) is 12.4. The zero-order chi connectivity index (χ0) is 24.4. The Balaban J connectivity index is 1.63. The first-order chi connectivity index (χ1) is 15.3. The lowest BCUT2D eigenvalue weighted by Crippen LogP contribution is -2.54. The number of sulfonamides is 1. The number of carbonyl (C=O) groups excluding carboxylic acids is 1. The van der Waals surface area contributed by atoms with Crippen LogP contribution in [0.3, 0.4) is 0 Å². The lowest BCUT2D eigenvalue weighted by Gasteiger charge is -2.40.